The van der Waals surface area contributed by atoms with Crippen LogP contribution < -0.4 is 5.32 Å². The molecule has 13 heavy (non-hydrogen) atoms. The zero-order valence-corrected chi connectivity index (χ0v) is 7.53. The second-order valence-electron chi connectivity index (χ2n) is 2.81. The molecule has 0 aliphatic heterocycles. The van der Waals surface area contributed by atoms with Crippen LogP contribution >= 0.6 is 0 Å². The Labute approximate surface area is 77.4 Å². The summed E-state index contributed by atoms with van der Waals surface area (Å²) in [5.41, 5.74) is 1.63. The highest BCUT2D eigenvalue weighted by Gasteiger charge is 2.06. The predicted molar refractivity (Wildman–Crippen MR) is 50.7 cm³/mol. The van der Waals surface area contributed by atoms with Gasteiger partial charge in [-0.2, -0.15) is 0 Å². The molecule has 0 aliphatic rings. The summed E-state index contributed by atoms with van der Waals surface area (Å²) in [6.07, 6.45) is 0.803. The monoisotopic (exact) mass is 179 g/mol. The number of carbonyl (C=O) groups excluding carboxylic acids is 1. The van der Waals surface area contributed by atoms with E-state index in [2.05, 4.69) is 5.32 Å². The fourth-order valence-corrected chi connectivity index (χ4v) is 1.17. The van der Waals surface area contributed by atoms with Crippen molar-refractivity contribution in [3.05, 3.63) is 35.4 Å². The van der Waals surface area contributed by atoms with Crippen LogP contribution in [0.25, 0.3) is 0 Å². The highest BCUT2D eigenvalue weighted by molar-refractivity contribution is 5.74. The van der Waals surface area contributed by atoms with Gasteiger partial charge >= 0.3 is 0 Å². The van der Waals surface area contributed by atoms with Crippen molar-refractivity contribution in [2.24, 2.45) is 0 Å². The van der Waals surface area contributed by atoms with Gasteiger partial charge in [0, 0.05) is 5.56 Å². The fraction of sp³-hybridized carbons (Fsp3) is 0.300. The summed E-state index contributed by atoms with van der Waals surface area (Å²) in [5, 5.41) is 11.9. The van der Waals surface area contributed by atoms with Crippen LogP contribution in [-0.4, -0.2) is 25.0 Å². The molecule has 0 spiro atoms. The van der Waals surface area contributed by atoms with Crippen LogP contribution in [0.2, 0.25) is 0 Å². The molecule has 1 atom stereocenters. The molecule has 0 saturated heterocycles. The van der Waals surface area contributed by atoms with Crippen molar-refractivity contribution in [2.75, 3.05) is 13.7 Å². The van der Waals surface area contributed by atoms with Crippen molar-refractivity contribution in [1.82, 2.24) is 5.32 Å². The molecule has 3 heteroatoms. The number of aliphatic hydroxyl groups is 1. The van der Waals surface area contributed by atoms with Crippen LogP contribution in [0.15, 0.2) is 24.3 Å². The van der Waals surface area contributed by atoms with Gasteiger partial charge in [-0.05, 0) is 12.6 Å². The van der Waals surface area contributed by atoms with Crippen molar-refractivity contribution in [2.45, 2.75) is 6.04 Å². The molecule has 0 aromatic heterocycles. The molecule has 70 valence electrons. The van der Waals surface area contributed by atoms with Gasteiger partial charge in [-0.25, -0.2) is 0 Å². The topological polar surface area (TPSA) is 49.3 Å². The van der Waals surface area contributed by atoms with E-state index in [4.69, 9.17) is 5.11 Å². The molecule has 0 fully saturated rings. The maximum Gasteiger partial charge on any atom is 0.150 e. The molecular formula is C10H13NO2. The van der Waals surface area contributed by atoms with Gasteiger partial charge in [-0.1, -0.05) is 24.3 Å². The smallest absolute Gasteiger partial charge is 0.150 e. The number of likely N-dealkylation sites (N-methyl/N-ethyl adjacent to an activating group) is 1. The number of hydrogen-bond acceptors (Lipinski definition) is 3. The van der Waals surface area contributed by atoms with E-state index in [9.17, 15) is 4.79 Å². The first-order valence-electron chi connectivity index (χ1n) is 4.15. The van der Waals surface area contributed by atoms with Gasteiger partial charge in [0.2, 0.25) is 0 Å². The molecule has 0 bridgehead atoms. The van der Waals surface area contributed by atoms with Crippen LogP contribution in [0, 0.1) is 0 Å². The molecule has 0 amide bonds. The lowest BCUT2D eigenvalue weighted by atomic mass is 10.1. The molecule has 0 saturated carbocycles. The Morgan fingerprint density at radius 3 is 2.46 bits per heavy atom. The summed E-state index contributed by atoms with van der Waals surface area (Å²) in [5.74, 6) is 0. The summed E-state index contributed by atoms with van der Waals surface area (Å²) in [4.78, 5) is 10.4. The number of aliphatic hydroxyl groups excluding tert-OH is 1. The van der Waals surface area contributed by atoms with Crippen molar-refractivity contribution in [3.63, 3.8) is 0 Å². The molecule has 1 aromatic rings. The summed E-state index contributed by atoms with van der Waals surface area (Å²) >= 11 is 0. The molecule has 1 unspecified atom stereocenters. The second-order valence-corrected chi connectivity index (χ2v) is 2.81. The summed E-state index contributed by atoms with van der Waals surface area (Å²) in [7, 11) is 1.79. The van der Waals surface area contributed by atoms with Crippen molar-refractivity contribution < 1.29 is 9.90 Å². The van der Waals surface area contributed by atoms with E-state index in [1.165, 1.54) is 0 Å². The number of nitrogens with one attached hydrogen (secondary N) is 1. The van der Waals surface area contributed by atoms with E-state index in [-0.39, 0.29) is 12.6 Å². The SMILES string of the molecule is CNC(CO)c1ccc(C=O)cc1. The molecule has 2 N–H and O–H groups in total. The predicted octanol–water partition coefficient (Wildman–Crippen LogP) is 0.752. The molecule has 0 heterocycles. The van der Waals surface area contributed by atoms with E-state index in [1.807, 2.05) is 12.1 Å². The highest BCUT2D eigenvalue weighted by Crippen LogP contribution is 2.11. The standard InChI is InChI=1S/C10H13NO2/c1-11-10(7-13)9-4-2-8(6-12)3-5-9/h2-6,10-11,13H,7H2,1H3. The average molecular weight is 179 g/mol. The first-order chi connectivity index (χ1) is 6.31. The average Bonchev–Trinajstić information content (AvgIpc) is 2.21. The van der Waals surface area contributed by atoms with Gasteiger partial charge < -0.3 is 10.4 Å². The quantitative estimate of drug-likeness (QED) is 0.671. The van der Waals surface area contributed by atoms with Gasteiger partial charge in [-0.15, -0.1) is 0 Å². The molecule has 1 aromatic carbocycles. The maximum atomic E-state index is 10.4. The van der Waals surface area contributed by atoms with Crippen LogP contribution in [-0.2, 0) is 0 Å². The van der Waals surface area contributed by atoms with E-state index in [0.29, 0.717) is 5.56 Å². The van der Waals surface area contributed by atoms with E-state index in [0.717, 1.165) is 11.8 Å². The minimum Gasteiger partial charge on any atom is -0.394 e. The Kier molecular flexibility index (Phi) is 3.61. The lowest BCUT2D eigenvalue weighted by Crippen LogP contribution is -2.19. The van der Waals surface area contributed by atoms with Crippen LogP contribution in [0.4, 0.5) is 0 Å². The molecule has 0 radical (unpaired) electrons. The third-order valence-corrected chi connectivity index (χ3v) is 2.01. The number of hydrogen-bond donors (Lipinski definition) is 2. The third kappa shape index (κ3) is 2.37. The minimum atomic E-state index is -0.0549. The van der Waals surface area contributed by atoms with Gasteiger partial charge in [0.1, 0.15) is 6.29 Å². The van der Waals surface area contributed by atoms with Gasteiger partial charge in [-0.3, -0.25) is 4.79 Å². The number of aldehydes is 1. The fourth-order valence-electron chi connectivity index (χ4n) is 1.17. The number of carbonyl (C=O) groups is 1. The first kappa shape index (κ1) is 9.89. The summed E-state index contributed by atoms with van der Waals surface area (Å²) < 4.78 is 0. The Hall–Kier alpha value is -1.19. The molecule has 0 aliphatic carbocycles. The minimum absolute atomic E-state index is 0.0525. The second kappa shape index (κ2) is 4.74. The van der Waals surface area contributed by atoms with Gasteiger partial charge in [0.15, 0.2) is 0 Å². The largest absolute Gasteiger partial charge is 0.394 e. The lowest BCUT2D eigenvalue weighted by molar-refractivity contribution is 0.112. The Morgan fingerprint density at radius 1 is 1.46 bits per heavy atom. The number of benzene rings is 1. The zero-order valence-electron chi connectivity index (χ0n) is 7.53. The van der Waals surface area contributed by atoms with E-state index < -0.39 is 0 Å². The zero-order chi connectivity index (χ0) is 9.68. The molecule has 3 nitrogen and oxygen atoms in total. The van der Waals surface area contributed by atoms with Gasteiger partial charge in [0.25, 0.3) is 0 Å². The lowest BCUT2D eigenvalue weighted by Gasteiger charge is -2.12. The Bertz CT molecular complexity index is 265. The van der Waals surface area contributed by atoms with E-state index in [1.54, 1.807) is 19.2 Å². The highest BCUT2D eigenvalue weighted by atomic mass is 16.3. The Balaban J connectivity index is 2.83. The van der Waals surface area contributed by atoms with E-state index >= 15 is 0 Å². The van der Waals surface area contributed by atoms with Gasteiger partial charge in [0.05, 0.1) is 12.6 Å². The van der Waals surface area contributed by atoms with Crippen molar-refractivity contribution in [1.29, 1.82) is 0 Å². The van der Waals surface area contributed by atoms with Crippen molar-refractivity contribution >= 4 is 6.29 Å². The summed E-state index contributed by atoms with van der Waals surface area (Å²) in [6, 6.07) is 7.09. The normalized spacial score (nSPS) is 12.5. The summed E-state index contributed by atoms with van der Waals surface area (Å²) in [6.45, 7) is 0.0525. The molecule has 1 rings (SSSR count). The maximum absolute atomic E-state index is 10.4. The van der Waals surface area contributed by atoms with Crippen LogP contribution in [0.3, 0.4) is 0 Å². The van der Waals surface area contributed by atoms with Crippen LogP contribution in [0.1, 0.15) is 22.0 Å². The molecular weight excluding hydrogens is 166 g/mol. The van der Waals surface area contributed by atoms with Crippen molar-refractivity contribution in [3.8, 4) is 0 Å². The first-order valence-corrected chi connectivity index (χ1v) is 4.15. The number of rotatable bonds is 4. The van der Waals surface area contributed by atoms with Crippen LogP contribution in [0.5, 0.6) is 0 Å². The third-order valence-electron chi connectivity index (χ3n) is 2.01. The Morgan fingerprint density at radius 2 is 2.08 bits per heavy atom.